The molecule has 1 aromatic heterocycles. The maximum absolute atomic E-state index is 11.5. The van der Waals surface area contributed by atoms with Crippen LogP contribution < -0.4 is 0 Å². The number of carbonyl (C=O) groups excluding carboxylic acids is 1. The molecule has 4 heteroatoms. The van der Waals surface area contributed by atoms with Gasteiger partial charge in [0.15, 0.2) is 0 Å². The molecular formula is C11H10BrNO2. The van der Waals surface area contributed by atoms with Crippen molar-refractivity contribution in [3.8, 4) is 0 Å². The monoisotopic (exact) mass is 267 g/mol. The highest BCUT2D eigenvalue weighted by atomic mass is 79.9. The van der Waals surface area contributed by atoms with E-state index in [-0.39, 0.29) is 5.97 Å². The first-order valence-corrected chi connectivity index (χ1v) is 5.25. The maximum atomic E-state index is 11.5. The van der Waals surface area contributed by atoms with E-state index in [0.29, 0.717) is 5.56 Å². The van der Waals surface area contributed by atoms with Gasteiger partial charge in [0.05, 0.1) is 12.7 Å². The fourth-order valence-corrected chi connectivity index (χ4v) is 2.06. The molecule has 0 amide bonds. The van der Waals surface area contributed by atoms with Crippen molar-refractivity contribution in [3.63, 3.8) is 0 Å². The van der Waals surface area contributed by atoms with Crippen molar-refractivity contribution in [2.75, 3.05) is 7.11 Å². The van der Waals surface area contributed by atoms with Crippen molar-refractivity contribution < 1.29 is 9.53 Å². The SMILES string of the molecule is COC(=O)c1cc(Br)cc2c1ccn2C. The number of nitrogens with zero attached hydrogens (tertiary/aromatic N) is 1. The summed E-state index contributed by atoms with van der Waals surface area (Å²) in [6.07, 6.45) is 1.92. The third-order valence-electron chi connectivity index (χ3n) is 2.37. The predicted octanol–water partition coefficient (Wildman–Crippen LogP) is 2.73. The van der Waals surface area contributed by atoms with E-state index in [2.05, 4.69) is 15.9 Å². The molecule has 0 unspecified atom stereocenters. The van der Waals surface area contributed by atoms with Crippen molar-refractivity contribution in [3.05, 3.63) is 34.4 Å². The van der Waals surface area contributed by atoms with E-state index in [1.165, 1.54) is 7.11 Å². The highest BCUT2D eigenvalue weighted by Gasteiger charge is 2.12. The standard InChI is InChI=1S/C11H10BrNO2/c1-13-4-3-8-9(11(14)15-2)5-7(12)6-10(8)13/h3-6H,1-2H3. The van der Waals surface area contributed by atoms with Crippen molar-refractivity contribution >= 4 is 32.8 Å². The summed E-state index contributed by atoms with van der Waals surface area (Å²) in [7, 11) is 3.33. The van der Waals surface area contributed by atoms with Crippen LogP contribution in [0.15, 0.2) is 28.9 Å². The van der Waals surface area contributed by atoms with Crippen LogP contribution in [0.5, 0.6) is 0 Å². The molecule has 2 rings (SSSR count). The van der Waals surface area contributed by atoms with Crippen molar-refractivity contribution in [2.24, 2.45) is 7.05 Å². The number of halogens is 1. The van der Waals surface area contributed by atoms with Crippen LogP contribution in [0.3, 0.4) is 0 Å². The van der Waals surface area contributed by atoms with E-state index in [4.69, 9.17) is 4.74 Å². The molecule has 0 spiro atoms. The Bertz CT molecular complexity index is 531. The number of esters is 1. The minimum atomic E-state index is -0.312. The second-order valence-electron chi connectivity index (χ2n) is 3.30. The quantitative estimate of drug-likeness (QED) is 0.744. The summed E-state index contributed by atoms with van der Waals surface area (Å²) in [5, 5.41) is 0.910. The van der Waals surface area contributed by atoms with E-state index in [1.54, 1.807) is 6.07 Å². The van der Waals surface area contributed by atoms with Gasteiger partial charge in [-0.1, -0.05) is 15.9 Å². The van der Waals surface area contributed by atoms with Crippen molar-refractivity contribution in [2.45, 2.75) is 0 Å². The molecule has 78 valence electrons. The van der Waals surface area contributed by atoms with E-state index in [9.17, 15) is 4.79 Å². The van der Waals surface area contributed by atoms with Gasteiger partial charge in [0, 0.05) is 28.6 Å². The Morgan fingerprint density at radius 2 is 2.20 bits per heavy atom. The molecule has 0 saturated carbocycles. The van der Waals surface area contributed by atoms with Gasteiger partial charge in [-0.2, -0.15) is 0 Å². The first kappa shape index (κ1) is 10.2. The lowest BCUT2D eigenvalue weighted by Gasteiger charge is -2.03. The number of hydrogen-bond acceptors (Lipinski definition) is 2. The zero-order valence-electron chi connectivity index (χ0n) is 8.45. The van der Waals surface area contributed by atoms with Crippen LogP contribution in [-0.4, -0.2) is 17.6 Å². The summed E-state index contributed by atoms with van der Waals surface area (Å²) < 4.78 is 7.58. The summed E-state index contributed by atoms with van der Waals surface area (Å²) in [6, 6.07) is 5.66. The van der Waals surface area contributed by atoms with Crippen LogP contribution in [-0.2, 0) is 11.8 Å². The van der Waals surface area contributed by atoms with E-state index in [1.807, 2.05) is 29.9 Å². The van der Waals surface area contributed by atoms with Gasteiger partial charge in [-0.3, -0.25) is 0 Å². The van der Waals surface area contributed by atoms with Gasteiger partial charge < -0.3 is 9.30 Å². The number of aryl methyl sites for hydroxylation is 1. The van der Waals surface area contributed by atoms with E-state index in [0.717, 1.165) is 15.4 Å². The summed E-state index contributed by atoms with van der Waals surface area (Å²) in [5.74, 6) is -0.312. The summed E-state index contributed by atoms with van der Waals surface area (Å²) in [5.41, 5.74) is 1.59. The molecule has 0 aliphatic rings. The molecule has 0 atom stereocenters. The highest BCUT2D eigenvalue weighted by molar-refractivity contribution is 9.10. The predicted molar refractivity (Wildman–Crippen MR) is 62.0 cm³/mol. The number of fused-ring (bicyclic) bond motifs is 1. The van der Waals surface area contributed by atoms with Crippen molar-refractivity contribution in [1.29, 1.82) is 0 Å². The molecule has 0 bridgehead atoms. The lowest BCUT2D eigenvalue weighted by Crippen LogP contribution is -2.01. The number of benzene rings is 1. The lowest BCUT2D eigenvalue weighted by molar-refractivity contribution is 0.0603. The van der Waals surface area contributed by atoms with E-state index >= 15 is 0 Å². The Morgan fingerprint density at radius 1 is 1.47 bits per heavy atom. The molecule has 0 radical (unpaired) electrons. The topological polar surface area (TPSA) is 31.2 Å². The molecule has 1 aromatic carbocycles. The number of aromatic nitrogens is 1. The normalized spacial score (nSPS) is 10.6. The number of hydrogen-bond donors (Lipinski definition) is 0. The van der Waals surface area contributed by atoms with Crippen LogP contribution in [0.25, 0.3) is 10.9 Å². The smallest absolute Gasteiger partial charge is 0.338 e. The molecule has 0 N–H and O–H groups in total. The van der Waals surface area contributed by atoms with Crippen molar-refractivity contribution in [1.82, 2.24) is 4.57 Å². The molecule has 0 aliphatic heterocycles. The Hall–Kier alpha value is -1.29. The zero-order chi connectivity index (χ0) is 11.0. The molecule has 15 heavy (non-hydrogen) atoms. The van der Waals surface area contributed by atoms with Crippen LogP contribution >= 0.6 is 15.9 Å². The van der Waals surface area contributed by atoms with Crippen LogP contribution in [0.1, 0.15) is 10.4 Å². The Balaban J connectivity index is 2.78. The molecule has 0 saturated heterocycles. The number of rotatable bonds is 1. The van der Waals surface area contributed by atoms with Gasteiger partial charge in [0.1, 0.15) is 0 Å². The molecule has 3 nitrogen and oxygen atoms in total. The lowest BCUT2D eigenvalue weighted by atomic mass is 10.1. The highest BCUT2D eigenvalue weighted by Crippen LogP contribution is 2.25. The third kappa shape index (κ3) is 1.65. The molecule has 1 heterocycles. The zero-order valence-corrected chi connectivity index (χ0v) is 10.0. The van der Waals surface area contributed by atoms with Crippen LogP contribution in [0.4, 0.5) is 0 Å². The fourth-order valence-electron chi connectivity index (χ4n) is 1.62. The van der Waals surface area contributed by atoms with Gasteiger partial charge in [0.25, 0.3) is 0 Å². The number of ether oxygens (including phenoxy) is 1. The van der Waals surface area contributed by atoms with Gasteiger partial charge >= 0.3 is 5.97 Å². The minimum absolute atomic E-state index is 0.312. The Morgan fingerprint density at radius 3 is 2.87 bits per heavy atom. The van der Waals surface area contributed by atoms with Crippen LogP contribution in [0.2, 0.25) is 0 Å². The second kappa shape index (κ2) is 3.70. The van der Waals surface area contributed by atoms with Gasteiger partial charge in [-0.05, 0) is 18.2 Å². The molecular weight excluding hydrogens is 258 g/mol. The Labute approximate surface area is 95.8 Å². The maximum Gasteiger partial charge on any atom is 0.338 e. The first-order chi connectivity index (χ1) is 7.13. The van der Waals surface area contributed by atoms with Crippen LogP contribution in [0, 0.1) is 0 Å². The average Bonchev–Trinajstić information content (AvgIpc) is 2.58. The minimum Gasteiger partial charge on any atom is -0.465 e. The summed E-state index contributed by atoms with van der Waals surface area (Å²) in [6.45, 7) is 0. The Kier molecular flexibility index (Phi) is 2.52. The number of carbonyl (C=O) groups is 1. The average molecular weight is 268 g/mol. The third-order valence-corrected chi connectivity index (χ3v) is 2.83. The summed E-state index contributed by atoms with van der Waals surface area (Å²) in [4.78, 5) is 11.5. The molecule has 2 aromatic rings. The second-order valence-corrected chi connectivity index (χ2v) is 4.22. The first-order valence-electron chi connectivity index (χ1n) is 4.46. The fraction of sp³-hybridized carbons (Fsp3) is 0.182. The van der Waals surface area contributed by atoms with E-state index < -0.39 is 0 Å². The van der Waals surface area contributed by atoms with Gasteiger partial charge in [-0.25, -0.2) is 4.79 Å². The number of methoxy groups -OCH3 is 1. The van der Waals surface area contributed by atoms with Gasteiger partial charge in [-0.15, -0.1) is 0 Å². The largest absolute Gasteiger partial charge is 0.465 e. The molecule has 0 aliphatic carbocycles. The van der Waals surface area contributed by atoms with Gasteiger partial charge in [0.2, 0.25) is 0 Å². The molecule has 0 fully saturated rings. The summed E-state index contributed by atoms with van der Waals surface area (Å²) >= 11 is 3.38.